The number of aliphatic hydroxyl groups excluding tert-OH is 2. The standard InChI is InChI=1S/C12H27NO2/c1-3-4-5-6-7-8-11(2)13-9-12(15)10-14/h11-15H,3-10H2,1-2H3. The lowest BCUT2D eigenvalue weighted by Crippen LogP contribution is -2.35. The number of hydrogen-bond donors (Lipinski definition) is 3. The Labute approximate surface area is 93.9 Å². The summed E-state index contributed by atoms with van der Waals surface area (Å²) < 4.78 is 0. The summed E-state index contributed by atoms with van der Waals surface area (Å²) in [7, 11) is 0. The van der Waals surface area contributed by atoms with Crippen molar-refractivity contribution in [3.05, 3.63) is 0 Å². The first-order valence-electron chi connectivity index (χ1n) is 6.23. The molecule has 0 amide bonds. The van der Waals surface area contributed by atoms with Gasteiger partial charge in [-0.15, -0.1) is 0 Å². The molecule has 0 aromatic heterocycles. The highest BCUT2D eigenvalue weighted by Gasteiger charge is 2.05. The average molecular weight is 217 g/mol. The molecule has 3 nitrogen and oxygen atoms in total. The zero-order valence-electron chi connectivity index (χ0n) is 10.2. The summed E-state index contributed by atoms with van der Waals surface area (Å²) in [6.07, 6.45) is 7.06. The zero-order chi connectivity index (χ0) is 11.5. The largest absolute Gasteiger partial charge is 0.394 e. The van der Waals surface area contributed by atoms with E-state index in [9.17, 15) is 0 Å². The summed E-state index contributed by atoms with van der Waals surface area (Å²) in [6, 6.07) is 0.438. The lowest BCUT2D eigenvalue weighted by Gasteiger charge is -2.15. The van der Waals surface area contributed by atoms with Gasteiger partial charge in [0.1, 0.15) is 0 Å². The van der Waals surface area contributed by atoms with Crippen molar-refractivity contribution in [1.29, 1.82) is 0 Å². The van der Waals surface area contributed by atoms with Crippen LogP contribution in [0, 0.1) is 0 Å². The second-order valence-corrected chi connectivity index (χ2v) is 4.35. The van der Waals surface area contributed by atoms with Gasteiger partial charge in [0.05, 0.1) is 12.7 Å². The molecule has 3 heteroatoms. The molecule has 0 saturated heterocycles. The van der Waals surface area contributed by atoms with Crippen molar-refractivity contribution in [2.45, 2.75) is 64.5 Å². The number of nitrogens with one attached hydrogen (secondary N) is 1. The van der Waals surface area contributed by atoms with Gasteiger partial charge in [0, 0.05) is 12.6 Å². The van der Waals surface area contributed by atoms with Gasteiger partial charge >= 0.3 is 0 Å². The Bertz CT molecular complexity index is 131. The number of unbranched alkanes of at least 4 members (excludes halogenated alkanes) is 4. The molecule has 0 spiro atoms. The van der Waals surface area contributed by atoms with Crippen LogP contribution in [0.1, 0.15) is 52.4 Å². The third kappa shape index (κ3) is 10.2. The van der Waals surface area contributed by atoms with E-state index in [4.69, 9.17) is 10.2 Å². The Morgan fingerprint density at radius 2 is 1.80 bits per heavy atom. The van der Waals surface area contributed by atoms with Crippen molar-refractivity contribution in [1.82, 2.24) is 5.32 Å². The molecule has 0 aromatic carbocycles. The fourth-order valence-electron chi connectivity index (χ4n) is 1.56. The molecule has 0 heterocycles. The lowest BCUT2D eigenvalue weighted by molar-refractivity contribution is 0.0920. The first-order valence-corrected chi connectivity index (χ1v) is 6.23. The maximum absolute atomic E-state index is 9.14. The van der Waals surface area contributed by atoms with E-state index in [1.165, 1.54) is 32.1 Å². The molecule has 0 aromatic rings. The van der Waals surface area contributed by atoms with E-state index in [1.807, 2.05) is 0 Å². The van der Waals surface area contributed by atoms with Crippen molar-refractivity contribution >= 4 is 0 Å². The minimum atomic E-state index is -0.618. The smallest absolute Gasteiger partial charge is 0.0895 e. The van der Waals surface area contributed by atoms with Gasteiger partial charge in [-0.25, -0.2) is 0 Å². The monoisotopic (exact) mass is 217 g/mol. The highest BCUT2D eigenvalue weighted by molar-refractivity contribution is 4.64. The van der Waals surface area contributed by atoms with E-state index in [0.717, 1.165) is 6.42 Å². The minimum Gasteiger partial charge on any atom is -0.394 e. The van der Waals surface area contributed by atoms with Crippen molar-refractivity contribution in [3.8, 4) is 0 Å². The molecule has 2 unspecified atom stereocenters. The summed E-state index contributed by atoms with van der Waals surface area (Å²) >= 11 is 0. The van der Waals surface area contributed by atoms with Gasteiger partial charge in [-0.2, -0.15) is 0 Å². The van der Waals surface area contributed by atoms with Gasteiger partial charge in [0.2, 0.25) is 0 Å². The third-order valence-electron chi connectivity index (χ3n) is 2.65. The van der Waals surface area contributed by atoms with Crippen LogP contribution in [0.4, 0.5) is 0 Å². The number of rotatable bonds is 10. The van der Waals surface area contributed by atoms with Crippen LogP contribution in [0.3, 0.4) is 0 Å². The van der Waals surface area contributed by atoms with Crippen LogP contribution >= 0.6 is 0 Å². The van der Waals surface area contributed by atoms with Crippen LogP contribution in [-0.2, 0) is 0 Å². The topological polar surface area (TPSA) is 52.5 Å². The molecule has 0 radical (unpaired) electrons. The summed E-state index contributed by atoms with van der Waals surface area (Å²) in [5.41, 5.74) is 0. The predicted molar refractivity (Wildman–Crippen MR) is 63.9 cm³/mol. The second kappa shape index (κ2) is 10.4. The molecule has 0 aliphatic rings. The zero-order valence-corrected chi connectivity index (χ0v) is 10.2. The van der Waals surface area contributed by atoms with E-state index >= 15 is 0 Å². The van der Waals surface area contributed by atoms with Gasteiger partial charge < -0.3 is 15.5 Å². The van der Waals surface area contributed by atoms with E-state index in [2.05, 4.69) is 19.2 Å². The molecule has 0 saturated carbocycles. The van der Waals surface area contributed by atoms with Crippen LogP contribution in [0.25, 0.3) is 0 Å². The summed E-state index contributed by atoms with van der Waals surface area (Å²) in [4.78, 5) is 0. The molecule has 92 valence electrons. The Balaban J connectivity index is 3.21. The van der Waals surface area contributed by atoms with Crippen LogP contribution in [-0.4, -0.2) is 35.5 Å². The van der Waals surface area contributed by atoms with Gasteiger partial charge in [-0.3, -0.25) is 0 Å². The first-order chi connectivity index (χ1) is 7.20. The quantitative estimate of drug-likeness (QED) is 0.488. The van der Waals surface area contributed by atoms with Crippen LogP contribution < -0.4 is 5.32 Å². The Morgan fingerprint density at radius 3 is 2.40 bits per heavy atom. The van der Waals surface area contributed by atoms with Crippen molar-refractivity contribution in [2.75, 3.05) is 13.2 Å². The molecule has 3 N–H and O–H groups in total. The van der Waals surface area contributed by atoms with Crippen LogP contribution in [0.5, 0.6) is 0 Å². The summed E-state index contributed by atoms with van der Waals surface area (Å²) in [5, 5.41) is 21.0. The Morgan fingerprint density at radius 1 is 1.13 bits per heavy atom. The molecule has 0 rings (SSSR count). The van der Waals surface area contributed by atoms with Crippen LogP contribution in [0.15, 0.2) is 0 Å². The maximum atomic E-state index is 9.14. The minimum absolute atomic E-state index is 0.157. The fourth-order valence-corrected chi connectivity index (χ4v) is 1.56. The molecule has 2 atom stereocenters. The molecule has 15 heavy (non-hydrogen) atoms. The van der Waals surface area contributed by atoms with Gasteiger partial charge in [0.25, 0.3) is 0 Å². The molecular weight excluding hydrogens is 190 g/mol. The highest BCUT2D eigenvalue weighted by Crippen LogP contribution is 2.06. The Kier molecular flexibility index (Phi) is 10.3. The van der Waals surface area contributed by atoms with E-state index in [-0.39, 0.29) is 6.61 Å². The summed E-state index contributed by atoms with van der Waals surface area (Å²) in [5.74, 6) is 0. The fraction of sp³-hybridized carbons (Fsp3) is 1.00. The number of hydrogen-bond acceptors (Lipinski definition) is 3. The van der Waals surface area contributed by atoms with Gasteiger partial charge in [0.15, 0.2) is 0 Å². The van der Waals surface area contributed by atoms with E-state index in [1.54, 1.807) is 0 Å². The maximum Gasteiger partial charge on any atom is 0.0895 e. The van der Waals surface area contributed by atoms with Gasteiger partial charge in [-0.1, -0.05) is 39.0 Å². The molecule has 0 bridgehead atoms. The normalized spacial score (nSPS) is 15.2. The third-order valence-corrected chi connectivity index (χ3v) is 2.65. The first kappa shape index (κ1) is 14.9. The molecular formula is C12H27NO2. The van der Waals surface area contributed by atoms with Crippen LogP contribution in [0.2, 0.25) is 0 Å². The molecule has 0 aliphatic carbocycles. The highest BCUT2D eigenvalue weighted by atomic mass is 16.3. The van der Waals surface area contributed by atoms with Crippen molar-refractivity contribution < 1.29 is 10.2 Å². The predicted octanol–water partition coefficient (Wildman–Crippen LogP) is 1.68. The molecule has 0 aliphatic heterocycles. The van der Waals surface area contributed by atoms with E-state index in [0.29, 0.717) is 12.6 Å². The van der Waals surface area contributed by atoms with Gasteiger partial charge in [-0.05, 0) is 13.3 Å². The molecule has 0 fully saturated rings. The van der Waals surface area contributed by atoms with Crippen molar-refractivity contribution in [2.24, 2.45) is 0 Å². The average Bonchev–Trinajstić information content (AvgIpc) is 2.25. The van der Waals surface area contributed by atoms with E-state index < -0.39 is 6.10 Å². The number of aliphatic hydroxyl groups is 2. The van der Waals surface area contributed by atoms with Crippen molar-refractivity contribution in [3.63, 3.8) is 0 Å². The second-order valence-electron chi connectivity index (χ2n) is 4.35. The Hall–Kier alpha value is -0.120. The summed E-state index contributed by atoms with van der Waals surface area (Å²) in [6.45, 7) is 4.69. The SMILES string of the molecule is CCCCCCCC(C)NCC(O)CO. The lowest BCUT2D eigenvalue weighted by atomic mass is 10.1.